The van der Waals surface area contributed by atoms with Crippen molar-refractivity contribution in [1.29, 1.82) is 5.26 Å². The van der Waals surface area contributed by atoms with Gasteiger partial charge in [-0.05, 0) is 25.0 Å². The predicted molar refractivity (Wildman–Crippen MR) is 128 cm³/mol. The minimum absolute atomic E-state index is 0.0636. The van der Waals surface area contributed by atoms with E-state index in [9.17, 15) is 22.5 Å². The number of alkyl halides is 2. The third-order valence-electron chi connectivity index (χ3n) is 6.97. The number of piperidine rings is 1. The molecular weight excluding hydrogens is 526 g/mol. The summed E-state index contributed by atoms with van der Waals surface area (Å²) in [5, 5.41) is 17.9. The van der Waals surface area contributed by atoms with Crippen molar-refractivity contribution in [1.82, 2.24) is 29.5 Å². The number of aromatic nitrogens is 5. The molecule has 11 nitrogen and oxygen atoms in total. The number of nitriles is 1. The molecule has 2 atom stereocenters. The van der Waals surface area contributed by atoms with Crippen LogP contribution in [0.15, 0.2) is 29.4 Å². The van der Waals surface area contributed by atoms with Crippen LogP contribution in [0.25, 0.3) is 27.1 Å². The van der Waals surface area contributed by atoms with E-state index in [1.165, 1.54) is 23.0 Å². The van der Waals surface area contributed by atoms with Crippen LogP contribution in [0, 0.1) is 11.3 Å². The van der Waals surface area contributed by atoms with Crippen LogP contribution < -0.4 is 9.62 Å². The highest BCUT2D eigenvalue weighted by Crippen LogP contribution is 2.41. The number of morpholine rings is 1. The van der Waals surface area contributed by atoms with Crippen LogP contribution in [0.2, 0.25) is 0 Å². The third-order valence-corrected chi connectivity index (χ3v) is 9.42. The van der Waals surface area contributed by atoms with Crippen molar-refractivity contribution in [3.05, 3.63) is 29.5 Å². The van der Waals surface area contributed by atoms with Gasteiger partial charge in [-0.2, -0.15) is 9.98 Å². The number of benzene rings is 1. The van der Waals surface area contributed by atoms with Crippen molar-refractivity contribution in [3.8, 4) is 11.2 Å². The summed E-state index contributed by atoms with van der Waals surface area (Å²) in [6.07, 6.45) is 0.696. The van der Waals surface area contributed by atoms with Gasteiger partial charge in [0.15, 0.2) is 10.7 Å². The van der Waals surface area contributed by atoms with Crippen LogP contribution in [0.5, 0.6) is 0 Å². The molecular formula is C22H18F2N8O3S2. The van der Waals surface area contributed by atoms with Crippen LogP contribution >= 0.6 is 11.3 Å². The molecule has 15 heteroatoms. The van der Waals surface area contributed by atoms with Gasteiger partial charge in [0.25, 0.3) is 6.43 Å². The first-order chi connectivity index (χ1) is 17.8. The highest BCUT2D eigenvalue weighted by atomic mass is 32.2. The van der Waals surface area contributed by atoms with E-state index < -0.39 is 27.0 Å². The van der Waals surface area contributed by atoms with Crippen LogP contribution in [-0.4, -0.2) is 64.0 Å². The summed E-state index contributed by atoms with van der Waals surface area (Å²) in [7, 11) is -4.04. The molecule has 0 radical (unpaired) electrons. The minimum Gasteiger partial charge on any atom is -0.371 e. The quantitative estimate of drug-likeness (QED) is 0.388. The van der Waals surface area contributed by atoms with Gasteiger partial charge in [-0.15, -0.1) is 10.2 Å². The Balaban J connectivity index is 1.45. The molecule has 4 aromatic rings. The lowest BCUT2D eigenvalue weighted by atomic mass is 9.98. The largest absolute Gasteiger partial charge is 0.371 e. The average Bonchev–Trinajstić information content (AvgIpc) is 3.31. The first-order valence-corrected chi connectivity index (χ1v) is 13.8. The molecule has 3 aliphatic heterocycles. The topological polar surface area (TPSA) is 139 Å². The van der Waals surface area contributed by atoms with E-state index >= 15 is 0 Å². The van der Waals surface area contributed by atoms with Crippen molar-refractivity contribution in [2.75, 3.05) is 18.0 Å². The Hall–Kier alpha value is -3.32. The molecule has 1 aromatic carbocycles. The van der Waals surface area contributed by atoms with Crippen LogP contribution in [0.3, 0.4) is 0 Å². The average molecular weight is 545 g/mol. The number of nitrogens with zero attached hydrogens (tertiary/aromatic N) is 7. The van der Waals surface area contributed by atoms with Gasteiger partial charge in [0.1, 0.15) is 17.7 Å². The van der Waals surface area contributed by atoms with Gasteiger partial charge < -0.3 is 9.64 Å². The van der Waals surface area contributed by atoms with E-state index in [4.69, 9.17) is 4.74 Å². The van der Waals surface area contributed by atoms with E-state index in [1.807, 2.05) is 6.07 Å². The summed E-state index contributed by atoms with van der Waals surface area (Å²) < 4.78 is 62.8. The second kappa shape index (κ2) is 7.84. The molecule has 3 saturated heterocycles. The predicted octanol–water partition coefficient (Wildman–Crippen LogP) is 2.67. The smallest absolute Gasteiger partial charge is 0.291 e. The fraction of sp³-hybridized carbons (Fsp3) is 0.409. The molecule has 0 spiro atoms. The standard InChI is InChI=1S/C22H18F2N8O3S2/c23-17(24)20-28-29-21(36-20)32-15-6-13(37(33,34)30-22(9-25)3-4-22)1-2-14(15)16-18(26-10-27-19(16)32)31-7-11-5-12(8-31)35-11/h1-2,6,10-12,17,30H,3-5,7-8H2. The Bertz CT molecular complexity index is 1710. The molecule has 8 rings (SSSR count). The van der Waals surface area contributed by atoms with Crippen molar-refractivity contribution in [3.63, 3.8) is 0 Å². The van der Waals surface area contributed by atoms with Gasteiger partial charge in [-0.25, -0.2) is 27.2 Å². The van der Waals surface area contributed by atoms with Crippen molar-refractivity contribution >= 4 is 49.1 Å². The normalized spacial score (nSPS) is 22.4. The molecule has 0 amide bonds. The SMILES string of the molecule is N#CC1(NS(=O)(=O)c2ccc3c4c(N5CC6CC(C5)O6)ncnc4n(-c4nnc(C(F)F)s4)c3c2)CC1. The second-order valence-electron chi connectivity index (χ2n) is 9.45. The van der Waals surface area contributed by atoms with Crippen molar-refractivity contribution < 1.29 is 21.9 Å². The maximum Gasteiger partial charge on any atom is 0.291 e. The Labute approximate surface area is 212 Å². The van der Waals surface area contributed by atoms with Gasteiger partial charge in [-0.3, -0.25) is 4.57 Å². The van der Waals surface area contributed by atoms with Crippen LogP contribution in [0.4, 0.5) is 14.6 Å². The molecule has 2 bridgehead atoms. The summed E-state index contributed by atoms with van der Waals surface area (Å²) in [5.74, 6) is 0.653. The molecule has 1 saturated carbocycles. The number of rotatable bonds is 6. The number of sulfonamides is 1. The maximum atomic E-state index is 13.4. The highest BCUT2D eigenvalue weighted by molar-refractivity contribution is 7.89. The summed E-state index contributed by atoms with van der Waals surface area (Å²) in [6.45, 7) is 1.30. The van der Waals surface area contributed by atoms with Gasteiger partial charge in [0.05, 0.1) is 34.1 Å². The molecule has 3 aromatic heterocycles. The lowest BCUT2D eigenvalue weighted by Crippen LogP contribution is -2.57. The number of fused-ring (bicyclic) bond motifs is 5. The lowest BCUT2D eigenvalue weighted by molar-refractivity contribution is -0.133. The zero-order valence-corrected chi connectivity index (χ0v) is 20.6. The molecule has 1 N–H and O–H groups in total. The minimum atomic E-state index is -4.04. The second-order valence-corrected chi connectivity index (χ2v) is 12.1. The molecule has 6 heterocycles. The maximum absolute atomic E-state index is 13.4. The van der Waals surface area contributed by atoms with Crippen molar-refractivity contribution in [2.45, 2.75) is 48.3 Å². The molecule has 190 valence electrons. The summed E-state index contributed by atoms with van der Waals surface area (Å²) in [6, 6.07) is 6.57. The molecule has 37 heavy (non-hydrogen) atoms. The van der Waals surface area contributed by atoms with Crippen molar-refractivity contribution in [2.24, 2.45) is 0 Å². The molecule has 4 aliphatic rings. The van der Waals surface area contributed by atoms with Crippen LogP contribution in [0.1, 0.15) is 30.7 Å². The van der Waals surface area contributed by atoms with Gasteiger partial charge in [0.2, 0.25) is 15.2 Å². The van der Waals surface area contributed by atoms with E-state index in [0.717, 1.165) is 6.42 Å². The number of halogens is 2. The fourth-order valence-electron chi connectivity index (χ4n) is 5.01. The zero-order valence-electron chi connectivity index (χ0n) is 19.0. The Morgan fingerprint density at radius 3 is 2.62 bits per heavy atom. The number of ether oxygens (including phenoxy) is 1. The van der Waals surface area contributed by atoms with E-state index in [-0.39, 0.29) is 22.2 Å². The van der Waals surface area contributed by atoms with Gasteiger partial charge in [0, 0.05) is 24.9 Å². The zero-order chi connectivity index (χ0) is 25.5. The van der Waals surface area contributed by atoms with E-state index in [1.54, 1.807) is 6.07 Å². The molecule has 1 aliphatic carbocycles. The number of nitrogens with one attached hydrogen (secondary N) is 1. The fourth-order valence-corrected chi connectivity index (χ4v) is 7.12. The number of hydrogen-bond acceptors (Lipinski definition) is 10. The molecule has 2 unspecified atom stereocenters. The highest BCUT2D eigenvalue weighted by Gasteiger charge is 2.47. The first kappa shape index (κ1) is 22.8. The van der Waals surface area contributed by atoms with Gasteiger partial charge >= 0.3 is 0 Å². The number of anilines is 1. The lowest BCUT2D eigenvalue weighted by Gasteiger charge is -2.47. The monoisotopic (exact) mass is 544 g/mol. The third kappa shape index (κ3) is 3.58. The Kier molecular flexibility index (Phi) is 4.84. The Morgan fingerprint density at radius 1 is 1.22 bits per heavy atom. The summed E-state index contributed by atoms with van der Waals surface area (Å²) >= 11 is 0.703. The van der Waals surface area contributed by atoms with Crippen LogP contribution in [-0.2, 0) is 14.8 Å². The van der Waals surface area contributed by atoms with Gasteiger partial charge in [-0.1, -0.05) is 17.4 Å². The summed E-state index contributed by atoms with van der Waals surface area (Å²) in [4.78, 5) is 11.0. The van der Waals surface area contributed by atoms with E-state index in [0.29, 0.717) is 65.0 Å². The van der Waals surface area contributed by atoms with E-state index in [2.05, 4.69) is 29.8 Å². The molecule has 4 fully saturated rings. The first-order valence-electron chi connectivity index (χ1n) is 11.5. The number of hydrogen-bond donors (Lipinski definition) is 1. The summed E-state index contributed by atoms with van der Waals surface area (Å²) in [5.41, 5.74) is -0.297. The Morgan fingerprint density at radius 2 is 1.97 bits per heavy atom.